The Morgan fingerprint density at radius 2 is 1.77 bits per heavy atom. The first-order chi connectivity index (χ1) is 16.9. The van der Waals surface area contributed by atoms with Crippen molar-refractivity contribution in [3.05, 3.63) is 101 Å². The van der Waals surface area contributed by atoms with Crippen LogP contribution in [0.15, 0.2) is 72.8 Å². The summed E-state index contributed by atoms with van der Waals surface area (Å²) in [5.41, 5.74) is 2.49. The molecule has 1 spiro atoms. The van der Waals surface area contributed by atoms with Gasteiger partial charge in [-0.25, -0.2) is 4.39 Å². The van der Waals surface area contributed by atoms with Gasteiger partial charge in [-0.3, -0.25) is 14.4 Å². The van der Waals surface area contributed by atoms with E-state index in [0.29, 0.717) is 11.3 Å². The summed E-state index contributed by atoms with van der Waals surface area (Å²) >= 11 is 0. The smallest absolute Gasteiger partial charge is 0.238 e. The van der Waals surface area contributed by atoms with Crippen LogP contribution in [0.4, 0.5) is 15.8 Å². The van der Waals surface area contributed by atoms with Crippen molar-refractivity contribution in [3.63, 3.8) is 0 Å². The minimum absolute atomic E-state index is 0.117. The van der Waals surface area contributed by atoms with Crippen molar-refractivity contribution >= 4 is 34.9 Å². The maximum atomic E-state index is 14.9. The third-order valence-corrected chi connectivity index (χ3v) is 7.63. The fourth-order valence-corrected chi connectivity index (χ4v) is 6.28. The topological polar surface area (TPSA) is 66.5 Å². The molecule has 6 rings (SSSR count). The Bertz CT molecular complexity index is 1460. The fraction of sp³-hybridized carbons (Fsp3) is 0.207. The predicted octanol–water partition coefficient (Wildman–Crippen LogP) is 4.70. The quantitative estimate of drug-likeness (QED) is 0.569. The standard InChI is InChI=1S/C29H23FN2O3/c1-16-11-13-23-18(15-16)12-14-24-29(20-8-4-6-10-22(20)31-28(29)35)25(26(17(2)33)32(23)24)27(34)19-7-3-5-9-21(19)30/h3-15,24-26H,1-2H3,(H,31,35)/t24-,25-,26-,29-/m1/s1. The number of hydrogen-bond acceptors (Lipinski definition) is 4. The minimum atomic E-state index is -1.40. The van der Waals surface area contributed by atoms with Crippen molar-refractivity contribution in [1.29, 1.82) is 0 Å². The van der Waals surface area contributed by atoms with E-state index in [9.17, 15) is 18.8 Å². The zero-order valence-corrected chi connectivity index (χ0v) is 19.3. The Kier molecular flexibility index (Phi) is 4.58. The van der Waals surface area contributed by atoms with Gasteiger partial charge in [0.25, 0.3) is 0 Å². The van der Waals surface area contributed by atoms with Gasteiger partial charge in [0.15, 0.2) is 11.6 Å². The summed E-state index contributed by atoms with van der Waals surface area (Å²) in [6, 6.07) is 17.4. The summed E-state index contributed by atoms with van der Waals surface area (Å²) in [5, 5.41) is 2.95. The number of aryl methyl sites for hydroxylation is 1. The summed E-state index contributed by atoms with van der Waals surface area (Å²) in [6.07, 6.45) is 3.86. The molecular weight excluding hydrogens is 443 g/mol. The van der Waals surface area contributed by atoms with E-state index in [-0.39, 0.29) is 17.3 Å². The van der Waals surface area contributed by atoms with Crippen LogP contribution in [-0.4, -0.2) is 29.6 Å². The Labute approximate surface area is 202 Å². The average Bonchev–Trinajstić information content (AvgIpc) is 3.32. The third kappa shape index (κ3) is 2.77. The van der Waals surface area contributed by atoms with Crippen LogP contribution in [0, 0.1) is 18.7 Å². The highest BCUT2D eigenvalue weighted by molar-refractivity contribution is 6.16. The Morgan fingerprint density at radius 3 is 2.54 bits per heavy atom. The number of amides is 1. The van der Waals surface area contributed by atoms with Gasteiger partial charge in [0.05, 0.1) is 23.6 Å². The molecule has 1 N–H and O–H groups in total. The lowest BCUT2D eigenvalue weighted by Crippen LogP contribution is -2.51. The zero-order valence-electron chi connectivity index (χ0n) is 19.3. The lowest BCUT2D eigenvalue weighted by atomic mass is 9.64. The highest BCUT2D eigenvalue weighted by Crippen LogP contribution is 2.57. The number of fused-ring (bicyclic) bond motifs is 6. The Hall–Kier alpha value is -4.06. The molecule has 174 valence electrons. The second-order valence-corrected chi connectivity index (χ2v) is 9.52. The first-order valence-corrected chi connectivity index (χ1v) is 11.6. The maximum absolute atomic E-state index is 14.9. The lowest BCUT2D eigenvalue weighted by molar-refractivity contribution is -0.122. The SMILES string of the molecule is CC(=O)[C@@H]1[C@H](C(=O)c2ccccc2F)[C@]2(C(=O)Nc3ccccc32)[C@H]2C=Cc3cc(C)ccc3N12. The summed E-state index contributed by atoms with van der Waals surface area (Å²) in [6.45, 7) is 3.42. The Morgan fingerprint density at radius 1 is 1.03 bits per heavy atom. The molecule has 0 unspecified atom stereocenters. The molecule has 3 heterocycles. The molecular formula is C29H23FN2O3. The number of Topliss-reactive ketones (excluding diaryl/α,β-unsaturated/α-hetero) is 2. The van der Waals surface area contributed by atoms with E-state index in [1.165, 1.54) is 25.1 Å². The van der Waals surface area contributed by atoms with Crippen molar-refractivity contribution in [1.82, 2.24) is 0 Å². The maximum Gasteiger partial charge on any atom is 0.238 e. The second kappa shape index (κ2) is 7.47. The number of nitrogens with zero attached hydrogens (tertiary/aromatic N) is 1. The van der Waals surface area contributed by atoms with Gasteiger partial charge in [0, 0.05) is 11.4 Å². The van der Waals surface area contributed by atoms with E-state index in [1.54, 1.807) is 12.1 Å². The zero-order chi connectivity index (χ0) is 24.5. The van der Waals surface area contributed by atoms with Crippen LogP contribution in [0.2, 0.25) is 0 Å². The molecule has 0 aromatic heterocycles. The van der Waals surface area contributed by atoms with Crippen molar-refractivity contribution in [2.45, 2.75) is 31.3 Å². The summed E-state index contributed by atoms with van der Waals surface area (Å²) in [4.78, 5) is 43.4. The number of carbonyl (C=O) groups is 3. The fourth-order valence-electron chi connectivity index (χ4n) is 6.28. The van der Waals surface area contributed by atoms with E-state index >= 15 is 0 Å². The summed E-state index contributed by atoms with van der Waals surface area (Å²) in [7, 11) is 0. The molecule has 3 aliphatic heterocycles. The number of para-hydroxylation sites is 1. The van der Waals surface area contributed by atoms with Gasteiger partial charge in [-0.2, -0.15) is 0 Å². The molecule has 0 bridgehead atoms. The number of rotatable bonds is 3. The molecule has 35 heavy (non-hydrogen) atoms. The number of nitrogens with one attached hydrogen (secondary N) is 1. The normalized spacial score (nSPS) is 25.7. The van der Waals surface area contributed by atoms with Crippen LogP contribution >= 0.6 is 0 Å². The minimum Gasteiger partial charge on any atom is -0.352 e. The number of benzene rings is 3. The van der Waals surface area contributed by atoms with Crippen LogP contribution in [0.25, 0.3) is 6.08 Å². The Balaban J connectivity index is 1.67. The molecule has 3 aromatic rings. The first-order valence-electron chi connectivity index (χ1n) is 11.6. The molecule has 5 nitrogen and oxygen atoms in total. The molecule has 4 atom stereocenters. The van der Waals surface area contributed by atoms with E-state index in [1.807, 2.05) is 60.4 Å². The summed E-state index contributed by atoms with van der Waals surface area (Å²) < 4.78 is 14.9. The first kappa shape index (κ1) is 21.5. The lowest BCUT2D eigenvalue weighted by Gasteiger charge is -2.37. The van der Waals surface area contributed by atoms with Crippen LogP contribution in [0.1, 0.15) is 34.0 Å². The van der Waals surface area contributed by atoms with Gasteiger partial charge in [-0.15, -0.1) is 0 Å². The highest BCUT2D eigenvalue weighted by atomic mass is 19.1. The van der Waals surface area contributed by atoms with E-state index in [4.69, 9.17) is 0 Å². The molecule has 6 heteroatoms. The third-order valence-electron chi connectivity index (χ3n) is 7.63. The molecule has 1 saturated heterocycles. The van der Waals surface area contributed by atoms with Crippen molar-refractivity contribution < 1.29 is 18.8 Å². The van der Waals surface area contributed by atoms with Gasteiger partial charge in [0.2, 0.25) is 5.91 Å². The van der Waals surface area contributed by atoms with E-state index in [0.717, 1.165) is 16.8 Å². The number of ketones is 2. The van der Waals surface area contributed by atoms with Crippen LogP contribution in [0.5, 0.6) is 0 Å². The van der Waals surface area contributed by atoms with Crippen molar-refractivity contribution in [2.75, 3.05) is 10.2 Å². The molecule has 0 aliphatic carbocycles. The number of halogens is 1. The van der Waals surface area contributed by atoms with Gasteiger partial charge in [-0.05, 0) is 55.3 Å². The van der Waals surface area contributed by atoms with Gasteiger partial charge in [-0.1, -0.05) is 54.1 Å². The monoisotopic (exact) mass is 466 g/mol. The molecule has 1 fully saturated rings. The van der Waals surface area contributed by atoms with Gasteiger partial charge >= 0.3 is 0 Å². The van der Waals surface area contributed by atoms with Crippen molar-refractivity contribution in [2.24, 2.45) is 5.92 Å². The van der Waals surface area contributed by atoms with E-state index < -0.39 is 35.0 Å². The van der Waals surface area contributed by atoms with Gasteiger partial charge < -0.3 is 10.2 Å². The molecule has 1 amide bonds. The second-order valence-electron chi connectivity index (χ2n) is 9.52. The molecule has 0 saturated carbocycles. The number of carbonyl (C=O) groups excluding carboxylic acids is 3. The van der Waals surface area contributed by atoms with Crippen LogP contribution < -0.4 is 10.2 Å². The number of anilines is 2. The molecule has 3 aliphatic rings. The van der Waals surface area contributed by atoms with Crippen LogP contribution in [-0.2, 0) is 15.0 Å². The largest absolute Gasteiger partial charge is 0.352 e. The number of hydrogen-bond donors (Lipinski definition) is 1. The highest BCUT2D eigenvalue weighted by Gasteiger charge is 2.70. The summed E-state index contributed by atoms with van der Waals surface area (Å²) in [5.74, 6) is -2.94. The molecule has 3 aromatic carbocycles. The van der Waals surface area contributed by atoms with Crippen molar-refractivity contribution in [3.8, 4) is 0 Å². The average molecular weight is 467 g/mol. The predicted molar refractivity (Wildman–Crippen MR) is 132 cm³/mol. The van der Waals surface area contributed by atoms with E-state index in [2.05, 4.69) is 5.32 Å². The van der Waals surface area contributed by atoms with Crippen LogP contribution in [0.3, 0.4) is 0 Å². The van der Waals surface area contributed by atoms with Gasteiger partial charge in [0.1, 0.15) is 11.2 Å². The molecule has 0 radical (unpaired) electrons.